The summed E-state index contributed by atoms with van der Waals surface area (Å²) < 4.78 is 5.49. The predicted octanol–water partition coefficient (Wildman–Crippen LogP) is 3.95. The van der Waals surface area contributed by atoms with Crippen molar-refractivity contribution in [1.82, 2.24) is 0 Å². The minimum absolute atomic E-state index is 0.183. The fourth-order valence-corrected chi connectivity index (χ4v) is 1.96. The van der Waals surface area contributed by atoms with E-state index in [9.17, 15) is 4.79 Å². The van der Waals surface area contributed by atoms with Crippen LogP contribution in [0.4, 0.5) is 0 Å². The Balaban J connectivity index is 2.25. The van der Waals surface area contributed by atoms with E-state index in [-0.39, 0.29) is 11.4 Å². The number of carbonyl (C=O) groups is 1. The first kappa shape index (κ1) is 12.6. The standard InChI is InChI=1S/C16H18O2/c1-16(2,3)13-10-7-11-14(18-15(13)17)12-8-5-4-6-9-12/h4-6,8-11H,7H2,1-3H3. The second kappa shape index (κ2) is 4.81. The lowest BCUT2D eigenvalue weighted by molar-refractivity contribution is -0.133. The molecule has 1 aromatic carbocycles. The van der Waals surface area contributed by atoms with Crippen LogP contribution in [0.25, 0.3) is 5.76 Å². The summed E-state index contributed by atoms with van der Waals surface area (Å²) in [5.74, 6) is 0.409. The van der Waals surface area contributed by atoms with Crippen LogP contribution >= 0.6 is 0 Å². The van der Waals surface area contributed by atoms with Gasteiger partial charge in [-0.2, -0.15) is 0 Å². The molecule has 0 aliphatic carbocycles. The van der Waals surface area contributed by atoms with Crippen molar-refractivity contribution in [3.05, 3.63) is 53.6 Å². The molecule has 0 saturated carbocycles. The van der Waals surface area contributed by atoms with Gasteiger partial charge in [0, 0.05) is 11.1 Å². The Morgan fingerprint density at radius 3 is 2.33 bits per heavy atom. The molecule has 0 atom stereocenters. The van der Waals surface area contributed by atoms with Gasteiger partial charge in [-0.05, 0) is 17.9 Å². The lowest BCUT2D eigenvalue weighted by atomic mass is 9.86. The summed E-state index contributed by atoms with van der Waals surface area (Å²) in [5, 5.41) is 0. The SMILES string of the molecule is CC(C)(C)C1=CCC=C(c2ccccc2)OC1=O. The van der Waals surface area contributed by atoms with E-state index in [4.69, 9.17) is 4.74 Å². The summed E-state index contributed by atoms with van der Waals surface area (Å²) in [7, 11) is 0. The second-order valence-electron chi connectivity index (χ2n) is 5.43. The van der Waals surface area contributed by atoms with Gasteiger partial charge < -0.3 is 4.74 Å². The summed E-state index contributed by atoms with van der Waals surface area (Å²) in [6.07, 6.45) is 4.63. The molecule has 1 heterocycles. The highest BCUT2D eigenvalue weighted by atomic mass is 16.5. The molecule has 2 nitrogen and oxygen atoms in total. The minimum atomic E-state index is -0.241. The molecule has 1 aromatic rings. The highest BCUT2D eigenvalue weighted by molar-refractivity contribution is 5.94. The number of cyclic esters (lactones) is 1. The largest absolute Gasteiger partial charge is 0.423 e. The molecule has 0 bridgehead atoms. The van der Waals surface area contributed by atoms with Gasteiger partial charge in [-0.15, -0.1) is 0 Å². The number of allylic oxidation sites excluding steroid dienone is 2. The summed E-state index contributed by atoms with van der Waals surface area (Å²) >= 11 is 0. The molecule has 0 saturated heterocycles. The molecule has 18 heavy (non-hydrogen) atoms. The van der Waals surface area contributed by atoms with Gasteiger partial charge in [0.15, 0.2) is 0 Å². The fourth-order valence-electron chi connectivity index (χ4n) is 1.96. The van der Waals surface area contributed by atoms with E-state index < -0.39 is 0 Å². The molecule has 0 aromatic heterocycles. The summed E-state index contributed by atoms with van der Waals surface area (Å²) in [4.78, 5) is 12.1. The van der Waals surface area contributed by atoms with Crippen molar-refractivity contribution in [2.24, 2.45) is 5.41 Å². The van der Waals surface area contributed by atoms with Crippen molar-refractivity contribution in [2.45, 2.75) is 27.2 Å². The predicted molar refractivity (Wildman–Crippen MR) is 72.7 cm³/mol. The van der Waals surface area contributed by atoms with E-state index in [0.29, 0.717) is 5.76 Å². The first-order chi connectivity index (χ1) is 8.48. The highest BCUT2D eigenvalue weighted by Crippen LogP contribution is 2.31. The highest BCUT2D eigenvalue weighted by Gasteiger charge is 2.27. The second-order valence-corrected chi connectivity index (χ2v) is 5.43. The van der Waals surface area contributed by atoms with Crippen molar-refractivity contribution in [3.8, 4) is 0 Å². The van der Waals surface area contributed by atoms with Crippen molar-refractivity contribution in [3.63, 3.8) is 0 Å². The van der Waals surface area contributed by atoms with E-state index in [2.05, 4.69) is 0 Å². The molecular formula is C16H18O2. The van der Waals surface area contributed by atoms with Crippen LogP contribution in [0.15, 0.2) is 48.1 Å². The lowest BCUT2D eigenvalue weighted by Crippen LogP contribution is -2.19. The number of carbonyl (C=O) groups excluding carboxylic acids is 1. The third kappa shape index (κ3) is 2.70. The normalized spacial score (nSPS) is 16.5. The van der Waals surface area contributed by atoms with Crippen LogP contribution in [-0.4, -0.2) is 5.97 Å². The van der Waals surface area contributed by atoms with Crippen molar-refractivity contribution >= 4 is 11.7 Å². The van der Waals surface area contributed by atoms with Gasteiger partial charge in [-0.1, -0.05) is 57.2 Å². The summed E-state index contributed by atoms with van der Waals surface area (Å²) in [6, 6.07) is 9.71. The lowest BCUT2D eigenvalue weighted by Gasteiger charge is -2.20. The Labute approximate surface area is 108 Å². The number of benzene rings is 1. The maximum absolute atomic E-state index is 12.1. The summed E-state index contributed by atoms with van der Waals surface area (Å²) in [5.41, 5.74) is 1.50. The Hall–Kier alpha value is -1.83. The van der Waals surface area contributed by atoms with Gasteiger partial charge >= 0.3 is 5.97 Å². The average Bonchev–Trinajstić information content (AvgIpc) is 2.51. The van der Waals surface area contributed by atoms with Crippen LogP contribution in [0.3, 0.4) is 0 Å². The number of hydrogen-bond donors (Lipinski definition) is 0. The molecular weight excluding hydrogens is 224 g/mol. The quantitative estimate of drug-likeness (QED) is 0.697. The van der Waals surface area contributed by atoms with E-state index >= 15 is 0 Å². The van der Waals surface area contributed by atoms with Crippen LogP contribution in [0.2, 0.25) is 0 Å². The molecule has 1 aliphatic rings. The van der Waals surface area contributed by atoms with Gasteiger partial charge in [0.2, 0.25) is 0 Å². The maximum atomic E-state index is 12.1. The van der Waals surface area contributed by atoms with Crippen LogP contribution in [0, 0.1) is 5.41 Å². The fraction of sp³-hybridized carbons (Fsp3) is 0.312. The smallest absolute Gasteiger partial charge is 0.339 e. The zero-order chi connectivity index (χ0) is 13.2. The number of esters is 1. The van der Waals surface area contributed by atoms with Gasteiger partial charge in [0.05, 0.1) is 0 Å². The molecule has 94 valence electrons. The molecule has 0 amide bonds. The van der Waals surface area contributed by atoms with Crippen LogP contribution in [0.1, 0.15) is 32.8 Å². The Morgan fingerprint density at radius 1 is 1.06 bits per heavy atom. The first-order valence-corrected chi connectivity index (χ1v) is 6.17. The van der Waals surface area contributed by atoms with E-state index in [0.717, 1.165) is 17.6 Å². The molecule has 0 spiro atoms. The van der Waals surface area contributed by atoms with Crippen molar-refractivity contribution < 1.29 is 9.53 Å². The Bertz CT molecular complexity index is 502. The van der Waals surface area contributed by atoms with Gasteiger partial charge in [0.25, 0.3) is 0 Å². The van der Waals surface area contributed by atoms with Crippen molar-refractivity contribution in [2.75, 3.05) is 0 Å². The van der Waals surface area contributed by atoms with Crippen LogP contribution in [0.5, 0.6) is 0 Å². The van der Waals surface area contributed by atoms with Crippen LogP contribution in [-0.2, 0) is 9.53 Å². The van der Waals surface area contributed by atoms with E-state index in [1.807, 2.05) is 63.3 Å². The Kier molecular flexibility index (Phi) is 3.37. The van der Waals surface area contributed by atoms with E-state index in [1.165, 1.54) is 0 Å². The zero-order valence-electron chi connectivity index (χ0n) is 11.1. The molecule has 0 unspecified atom stereocenters. The minimum Gasteiger partial charge on any atom is -0.423 e. The van der Waals surface area contributed by atoms with Gasteiger partial charge in [0.1, 0.15) is 5.76 Å². The number of rotatable bonds is 1. The Morgan fingerprint density at radius 2 is 1.72 bits per heavy atom. The molecule has 1 aliphatic heterocycles. The third-order valence-corrected chi connectivity index (χ3v) is 2.91. The first-order valence-electron chi connectivity index (χ1n) is 6.17. The van der Waals surface area contributed by atoms with Gasteiger partial charge in [-0.25, -0.2) is 4.79 Å². The number of hydrogen-bond acceptors (Lipinski definition) is 2. The molecule has 0 N–H and O–H groups in total. The van der Waals surface area contributed by atoms with Gasteiger partial charge in [-0.3, -0.25) is 0 Å². The van der Waals surface area contributed by atoms with Crippen LogP contribution < -0.4 is 0 Å². The van der Waals surface area contributed by atoms with E-state index in [1.54, 1.807) is 0 Å². The average molecular weight is 242 g/mol. The van der Waals surface area contributed by atoms with Crippen molar-refractivity contribution in [1.29, 1.82) is 0 Å². The maximum Gasteiger partial charge on any atom is 0.339 e. The summed E-state index contributed by atoms with van der Waals surface area (Å²) in [6.45, 7) is 6.06. The molecule has 2 heteroatoms. The molecule has 2 rings (SSSR count). The zero-order valence-corrected chi connectivity index (χ0v) is 11.1. The third-order valence-electron chi connectivity index (χ3n) is 2.91. The molecule has 0 fully saturated rings. The topological polar surface area (TPSA) is 26.3 Å². The monoisotopic (exact) mass is 242 g/mol. The number of ether oxygens (including phenoxy) is 1. The molecule has 0 radical (unpaired) electrons.